The maximum Gasteiger partial charge on any atom is 0.280 e. The van der Waals surface area contributed by atoms with E-state index < -0.39 is 0 Å². The summed E-state index contributed by atoms with van der Waals surface area (Å²) in [5, 5.41) is 5.05. The highest BCUT2D eigenvalue weighted by Crippen LogP contribution is 2.43. The van der Waals surface area contributed by atoms with E-state index in [-0.39, 0.29) is 23.8 Å². The average molecular weight is 540 g/mol. The fraction of sp³-hybridized carbons (Fsp3) is 0.500. The molecular formula is C22H23ClIN3O3. The van der Waals surface area contributed by atoms with Crippen molar-refractivity contribution in [1.29, 1.82) is 0 Å². The van der Waals surface area contributed by atoms with Crippen LogP contribution in [0.1, 0.15) is 52.4 Å². The number of rotatable bonds is 4. The lowest BCUT2D eigenvalue weighted by Gasteiger charge is -2.40. The number of hydrogen-bond donors (Lipinski definition) is 0. The Morgan fingerprint density at radius 1 is 1.23 bits per heavy atom. The average Bonchev–Trinajstić information content (AvgIpc) is 3.50. The number of carbonyl (C=O) groups excluding carboxylic acids is 2. The van der Waals surface area contributed by atoms with Crippen LogP contribution in [-0.4, -0.2) is 52.8 Å². The van der Waals surface area contributed by atoms with E-state index in [1.54, 1.807) is 13.2 Å². The quantitative estimate of drug-likeness (QED) is 0.557. The van der Waals surface area contributed by atoms with Gasteiger partial charge >= 0.3 is 0 Å². The van der Waals surface area contributed by atoms with Crippen molar-refractivity contribution in [2.24, 2.45) is 5.92 Å². The molecule has 0 N–H and O–H groups in total. The van der Waals surface area contributed by atoms with Gasteiger partial charge in [0, 0.05) is 38.1 Å². The van der Waals surface area contributed by atoms with Crippen molar-refractivity contribution in [2.45, 2.75) is 44.1 Å². The van der Waals surface area contributed by atoms with Crippen molar-refractivity contribution >= 4 is 46.0 Å². The second-order valence-electron chi connectivity index (χ2n) is 8.45. The van der Waals surface area contributed by atoms with Gasteiger partial charge in [-0.05, 0) is 65.8 Å². The van der Waals surface area contributed by atoms with Crippen molar-refractivity contribution < 1.29 is 14.3 Å². The number of amides is 1. The predicted octanol–water partition coefficient (Wildman–Crippen LogP) is 3.67. The second-order valence-corrected chi connectivity index (χ2v) is 9.88. The maximum absolute atomic E-state index is 13.6. The number of likely N-dealkylation sites (tertiary alicyclic amines) is 1. The smallest absolute Gasteiger partial charge is 0.280 e. The fourth-order valence-corrected chi connectivity index (χ4v) is 5.64. The number of nitrogens with zero attached hydrogens (tertiary/aromatic N) is 3. The molecule has 6 nitrogen and oxygen atoms in total. The van der Waals surface area contributed by atoms with E-state index in [1.807, 2.05) is 17.0 Å². The molecule has 2 fully saturated rings. The molecule has 30 heavy (non-hydrogen) atoms. The third-order valence-corrected chi connectivity index (χ3v) is 7.72. The van der Waals surface area contributed by atoms with E-state index in [9.17, 15) is 9.59 Å². The van der Waals surface area contributed by atoms with E-state index in [4.69, 9.17) is 16.3 Å². The van der Waals surface area contributed by atoms with Crippen molar-refractivity contribution in [2.75, 3.05) is 20.2 Å². The minimum Gasteiger partial charge on any atom is -0.378 e. The molecule has 1 aromatic carbocycles. The van der Waals surface area contributed by atoms with Crippen molar-refractivity contribution in [3.63, 3.8) is 0 Å². The third kappa shape index (κ3) is 3.48. The molecule has 1 unspecified atom stereocenters. The van der Waals surface area contributed by atoms with Crippen LogP contribution >= 0.6 is 34.2 Å². The Labute approximate surface area is 194 Å². The Kier molecular flexibility index (Phi) is 5.39. The molecule has 1 aromatic heterocycles. The summed E-state index contributed by atoms with van der Waals surface area (Å²) in [5.74, 6) is 0.254. The summed E-state index contributed by atoms with van der Waals surface area (Å²) in [7, 11) is 1.68. The first-order chi connectivity index (χ1) is 14.5. The molecule has 0 radical (unpaired) electrons. The molecule has 0 bridgehead atoms. The zero-order valence-corrected chi connectivity index (χ0v) is 19.6. The minimum atomic E-state index is -0.182. The monoisotopic (exact) mass is 539 g/mol. The van der Waals surface area contributed by atoms with Crippen LogP contribution in [0.5, 0.6) is 0 Å². The van der Waals surface area contributed by atoms with Crippen LogP contribution in [-0.2, 0) is 22.4 Å². The standard InChI is InChI=1S/C22H23ClIN3O3/c1-30-14-10-26(11-14)21(28)13-7-8-16-18(9-13)27(25-20(16)24)22(29)19-15(12-5-6-12)3-2-4-17(19)23/h2-4,12-14H,5-11H2,1H3. The normalized spacial score (nSPS) is 21.3. The molecule has 1 saturated heterocycles. The highest BCUT2D eigenvalue weighted by atomic mass is 127. The van der Waals surface area contributed by atoms with Gasteiger partial charge in [0.05, 0.1) is 22.4 Å². The lowest BCUT2D eigenvalue weighted by Crippen LogP contribution is -2.56. The molecule has 158 valence electrons. The summed E-state index contributed by atoms with van der Waals surface area (Å²) in [6.45, 7) is 1.30. The number of ether oxygens (including phenoxy) is 1. The van der Waals surface area contributed by atoms with Crippen LogP contribution in [0.2, 0.25) is 5.02 Å². The number of halogens is 2. The molecule has 2 aliphatic carbocycles. The summed E-state index contributed by atoms with van der Waals surface area (Å²) >= 11 is 8.67. The molecular weight excluding hydrogens is 517 g/mol. The largest absolute Gasteiger partial charge is 0.378 e. The van der Waals surface area contributed by atoms with Crippen LogP contribution in [0.3, 0.4) is 0 Å². The van der Waals surface area contributed by atoms with Crippen LogP contribution in [0.25, 0.3) is 0 Å². The van der Waals surface area contributed by atoms with Gasteiger partial charge in [0.1, 0.15) is 3.70 Å². The first-order valence-electron chi connectivity index (χ1n) is 10.4. The zero-order valence-electron chi connectivity index (χ0n) is 16.7. The van der Waals surface area contributed by atoms with E-state index >= 15 is 0 Å². The Morgan fingerprint density at radius 3 is 2.70 bits per heavy atom. The fourth-order valence-electron chi connectivity index (χ4n) is 4.58. The molecule has 1 amide bonds. The highest BCUT2D eigenvalue weighted by molar-refractivity contribution is 14.1. The van der Waals surface area contributed by atoms with Gasteiger partial charge in [-0.1, -0.05) is 23.7 Å². The van der Waals surface area contributed by atoms with Gasteiger partial charge < -0.3 is 9.64 Å². The van der Waals surface area contributed by atoms with Gasteiger partial charge in [-0.2, -0.15) is 9.78 Å². The first-order valence-corrected chi connectivity index (χ1v) is 11.8. The van der Waals surface area contributed by atoms with Crippen LogP contribution < -0.4 is 0 Å². The van der Waals surface area contributed by atoms with Gasteiger partial charge in [-0.15, -0.1) is 0 Å². The second kappa shape index (κ2) is 7.91. The number of aromatic nitrogens is 2. The van der Waals surface area contributed by atoms with Crippen molar-refractivity contribution in [1.82, 2.24) is 14.7 Å². The molecule has 2 aromatic rings. The van der Waals surface area contributed by atoms with Crippen LogP contribution in [0, 0.1) is 9.62 Å². The van der Waals surface area contributed by atoms with Gasteiger partial charge in [0.15, 0.2) is 0 Å². The van der Waals surface area contributed by atoms with E-state index in [2.05, 4.69) is 27.7 Å². The molecule has 0 spiro atoms. The minimum absolute atomic E-state index is 0.122. The first kappa shape index (κ1) is 20.5. The summed E-state index contributed by atoms with van der Waals surface area (Å²) in [4.78, 5) is 28.4. The molecule has 1 atom stereocenters. The van der Waals surface area contributed by atoms with Gasteiger partial charge in [-0.25, -0.2) is 0 Å². The zero-order chi connectivity index (χ0) is 21.0. The molecule has 2 heterocycles. The lowest BCUT2D eigenvalue weighted by molar-refractivity contribution is -0.147. The molecule has 5 rings (SSSR count). The van der Waals surface area contributed by atoms with Crippen LogP contribution in [0.15, 0.2) is 18.2 Å². The van der Waals surface area contributed by atoms with Crippen LogP contribution in [0.4, 0.5) is 0 Å². The maximum atomic E-state index is 13.6. The molecule has 1 saturated carbocycles. The topological polar surface area (TPSA) is 64.4 Å². The highest BCUT2D eigenvalue weighted by Gasteiger charge is 2.38. The lowest BCUT2D eigenvalue weighted by atomic mass is 9.86. The Hall–Kier alpha value is -1.45. The van der Waals surface area contributed by atoms with Gasteiger partial charge in [0.2, 0.25) is 5.91 Å². The summed E-state index contributed by atoms with van der Waals surface area (Å²) in [6.07, 6.45) is 4.40. The number of carbonyl (C=O) groups is 2. The van der Waals surface area contributed by atoms with E-state index in [0.29, 0.717) is 36.0 Å². The number of benzene rings is 1. The third-order valence-electron chi connectivity index (χ3n) is 6.53. The number of fused-ring (bicyclic) bond motifs is 1. The summed E-state index contributed by atoms with van der Waals surface area (Å²) < 4.78 is 7.64. The SMILES string of the molecule is COC1CN(C(=O)C2CCc3c(I)nn(C(=O)c4c(Cl)cccc4C4CC4)c3C2)C1. The van der Waals surface area contributed by atoms with Crippen molar-refractivity contribution in [3.8, 4) is 0 Å². The number of methoxy groups -OCH3 is 1. The Balaban J connectivity index is 1.44. The predicted molar refractivity (Wildman–Crippen MR) is 121 cm³/mol. The van der Waals surface area contributed by atoms with E-state index in [0.717, 1.165) is 46.2 Å². The van der Waals surface area contributed by atoms with E-state index in [1.165, 1.54) is 4.68 Å². The Morgan fingerprint density at radius 2 is 2.00 bits per heavy atom. The molecule has 3 aliphatic rings. The summed E-state index contributed by atoms with van der Waals surface area (Å²) in [6, 6.07) is 5.67. The van der Waals surface area contributed by atoms with Gasteiger partial charge in [0.25, 0.3) is 5.91 Å². The Bertz CT molecular complexity index is 1030. The molecule has 1 aliphatic heterocycles. The van der Waals surface area contributed by atoms with Gasteiger partial charge in [-0.3, -0.25) is 9.59 Å². The summed E-state index contributed by atoms with van der Waals surface area (Å²) in [5.41, 5.74) is 3.52. The number of hydrogen-bond acceptors (Lipinski definition) is 4. The van der Waals surface area contributed by atoms with Crippen molar-refractivity contribution in [3.05, 3.63) is 49.3 Å². The molecule has 8 heteroatoms.